The number of fused-ring (bicyclic) bond motifs is 1. The van der Waals surface area contributed by atoms with Gasteiger partial charge in [0.1, 0.15) is 5.82 Å². The molecule has 0 bridgehead atoms. The van der Waals surface area contributed by atoms with Crippen molar-refractivity contribution >= 4 is 0 Å². The van der Waals surface area contributed by atoms with Gasteiger partial charge in [0.05, 0.1) is 11.4 Å². The molecule has 1 fully saturated rings. The lowest BCUT2D eigenvalue weighted by Gasteiger charge is -2.35. The SMILES string of the molecule is CCCCn1c(-c2ccccc2)nc(-c2ccccc2)c1C(C)N(Cc1ccc2c(c1)OCO2)CC1CCCCC1. The number of benzene rings is 3. The van der Waals surface area contributed by atoms with Crippen molar-refractivity contribution in [1.82, 2.24) is 14.5 Å². The maximum absolute atomic E-state index is 5.75. The third-order valence-electron chi connectivity index (χ3n) is 8.80. The van der Waals surface area contributed by atoms with Crippen LogP contribution in [0.15, 0.2) is 78.9 Å². The first-order valence-electron chi connectivity index (χ1n) is 15.5. The average Bonchev–Trinajstić information content (AvgIpc) is 3.65. The lowest BCUT2D eigenvalue weighted by Crippen LogP contribution is -2.34. The molecule has 214 valence electrons. The Morgan fingerprint density at radius 1 is 0.878 bits per heavy atom. The standard InChI is InChI=1S/C36H43N3O2/c1-3-4-22-39-35(34(30-16-10-6-11-17-30)37-36(39)31-18-12-7-13-19-31)27(2)38(24-28-14-8-5-9-15-28)25-29-20-21-32-33(23-29)41-26-40-32/h6-7,10-13,16-21,23,27-28H,3-5,8-9,14-15,22,24-26H2,1-2H3. The van der Waals surface area contributed by atoms with Crippen molar-refractivity contribution in [3.05, 3.63) is 90.1 Å². The summed E-state index contributed by atoms with van der Waals surface area (Å²) in [5, 5.41) is 0. The summed E-state index contributed by atoms with van der Waals surface area (Å²) in [5.74, 6) is 3.50. The molecule has 1 aliphatic heterocycles. The lowest BCUT2D eigenvalue weighted by atomic mass is 9.88. The highest BCUT2D eigenvalue weighted by Gasteiger charge is 2.30. The number of hydrogen-bond donors (Lipinski definition) is 0. The molecule has 4 aromatic rings. The van der Waals surface area contributed by atoms with Crippen molar-refractivity contribution in [3.8, 4) is 34.1 Å². The molecule has 2 aliphatic rings. The molecule has 0 saturated heterocycles. The molecular weight excluding hydrogens is 506 g/mol. The fraction of sp³-hybridized carbons (Fsp3) is 0.417. The first-order valence-corrected chi connectivity index (χ1v) is 15.5. The second-order valence-electron chi connectivity index (χ2n) is 11.7. The fourth-order valence-electron chi connectivity index (χ4n) is 6.56. The van der Waals surface area contributed by atoms with Gasteiger partial charge in [-0.2, -0.15) is 0 Å². The highest BCUT2D eigenvalue weighted by Crippen LogP contribution is 2.39. The van der Waals surface area contributed by atoms with Crippen molar-refractivity contribution in [1.29, 1.82) is 0 Å². The van der Waals surface area contributed by atoms with E-state index in [1.807, 2.05) is 0 Å². The molecule has 1 aliphatic carbocycles. The smallest absolute Gasteiger partial charge is 0.231 e. The Bertz CT molecular complexity index is 1410. The molecule has 3 aromatic carbocycles. The number of ether oxygens (including phenoxy) is 2. The lowest BCUT2D eigenvalue weighted by molar-refractivity contribution is 0.145. The molecule has 6 rings (SSSR count). The summed E-state index contributed by atoms with van der Waals surface area (Å²) in [6, 6.07) is 28.1. The van der Waals surface area contributed by atoms with Crippen LogP contribution in [0.3, 0.4) is 0 Å². The van der Waals surface area contributed by atoms with Gasteiger partial charge in [-0.1, -0.05) is 99.3 Å². The number of rotatable bonds is 11. The van der Waals surface area contributed by atoms with E-state index in [9.17, 15) is 0 Å². The van der Waals surface area contributed by atoms with Gasteiger partial charge in [0.25, 0.3) is 0 Å². The van der Waals surface area contributed by atoms with E-state index in [0.717, 1.165) is 61.4 Å². The number of nitrogens with zero attached hydrogens (tertiary/aromatic N) is 3. The molecule has 1 unspecified atom stereocenters. The van der Waals surface area contributed by atoms with Gasteiger partial charge in [-0.05, 0) is 49.8 Å². The Kier molecular flexibility index (Phi) is 8.71. The molecule has 5 heteroatoms. The summed E-state index contributed by atoms with van der Waals surface area (Å²) in [7, 11) is 0. The van der Waals surface area contributed by atoms with Gasteiger partial charge >= 0.3 is 0 Å². The Morgan fingerprint density at radius 2 is 1.59 bits per heavy atom. The van der Waals surface area contributed by atoms with Gasteiger partial charge in [-0.15, -0.1) is 0 Å². The Balaban J connectivity index is 1.44. The highest BCUT2D eigenvalue weighted by atomic mass is 16.7. The second kappa shape index (κ2) is 12.9. The molecule has 1 atom stereocenters. The van der Waals surface area contributed by atoms with Crippen LogP contribution in [0.25, 0.3) is 22.6 Å². The van der Waals surface area contributed by atoms with Crippen LogP contribution < -0.4 is 9.47 Å². The van der Waals surface area contributed by atoms with Crippen LogP contribution in [0.5, 0.6) is 11.5 Å². The molecule has 2 heterocycles. The summed E-state index contributed by atoms with van der Waals surface area (Å²) in [5.41, 5.74) is 6.05. The third kappa shape index (κ3) is 6.20. The van der Waals surface area contributed by atoms with Crippen molar-refractivity contribution in [2.45, 2.75) is 77.9 Å². The van der Waals surface area contributed by atoms with E-state index in [1.165, 1.54) is 54.5 Å². The van der Waals surface area contributed by atoms with Gasteiger partial charge in [0.2, 0.25) is 6.79 Å². The first-order chi connectivity index (χ1) is 20.2. The summed E-state index contributed by atoms with van der Waals surface area (Å²) < 4.78 is 13.9. The van der Waals surface area contributed by atoms with Crippen molar-refractivity contribution in [3.63, 3.8) is 0 Å². The minimum Gasteiger partial charge on any atom is -0.454 e. The molecule has 1 aromatic heterocycles. The number of hydrogen-bond acceptors (Lipinski definition) is 4. The summed E-state index contributed by atoms with van der Waals surface area (Å²) >= 11 is 0. The van der Waals surface area contributed by atoms with E-state index in [4.69, 9.17) is 14.5 Å². The maximum Gasteiger partial charge on any atom is 0.231 e. The van der Waals surface area contributed by atoms with E-state index in [-0.39, 0.29) is 6.04 Å². The number of unbranched alkanes of at least 4 members (excludes halogenated alkanes) is 1. The maximum atomic E-state index is 5.75. The van der Waals surface area contributed by atoms with E-state index in [2.05, 4.69) is 102 Å². The monoisotopic (exact) mass is 549 g/mol. The van der Waals surface area contributed by atoms with Gasteiger partial charge in [0, 0.05) is 36.8 Å². The largest absolute Gasteiger partial charge is 0.454 e. The Morgan fingerprint density at radius 3 is 2.32 bits per heavy atom. The van der Waals surface area contributed by atoms with Gasteiger partial charge in [0.15, 0.2) is 11.5 Å². The highest BCUT2D eigenvalue weighted by molar-refractivity contribution is 5.69. The molecule has 41 heavy (non-hydrogen) atoms. The summed E-state index contributed by atoms with van der Waals surface area (Å²) in [6.45, 7) is 7.89. The van der Waals surface area contributed by atoms with Crippen molar-refractivity contribution < 1.29 is 9.47 Å². The summed E-state index contributed by atoms with van der Waals surface area (Å²) in [4.78, 5) is 8.11. The van der Waals surface area contributed by atoms with Crippen LogP contribution in [0.4, 0.5) is 0 Å². The average molecular weight is 550 g/mol. The normalized spacial score (nSPS) is 15.9. The Hall–Kier alpha value is -3.57. The molecule has 0 N–H and O–H groups in total. The predicted molar refractivity (Wildman–Crippen MR) is 166 cm³/mol. The fourth-order valence-corrected chi connectivity index (χ4v) is 6.56. The van der Waals surface area contributed by atoms with Gasteiger partial charge in [-0.25, -0.2) is 4.98 Å². The van der Waals surface area contributed by atoms with Crippen molar-refractivity contribution in [2.75, 3.05) is 13.3 Å². The van der Waals surface area contributed by atoms with Crippen LogP contribution in [0, 0.1) is 5.92 Å². The number of imidazole rings is 1. The minimum atomic E-state index is 0.180. The van der Waals surface area contributed by atoms with E-state index < -0.39 is 0 Å². The summed E-state index contributed by atoms with van der Waals surface area (Å²) in [6.07, 6.45) is 8.97. The van der Waals surface area contributed by atoms with Gasteiger partial charge < -0.3 is 14.0 Å². The van der Waals surface area contributed by atoms with Crippen LogP contribution >= 0.6 is 0 Å². The van der Waals surface area contributed by atoms with Crippen LogP contribution in [0.1, 0.15) is 76.1 Å². The molecule has 0 spiro atoms. The van der Waals surface area contributed by atoms with Gasteiger partial charge in [-0.3, -0.25) is 4.90 Å². The zero-order valence-corrected chi connectivity index (χ0v) is 24.6. The zero-order chi connectivity index (χ0) is 28.0. The van der Waals surface area contributed by atoms with E-state index >= 15 is 0 Å². The Labute approximate surface area is 245 Å². The van der Waals surface area contributed by atoms with E-state index in [0.29, 0.717) is 6.79 Å². The molecule has 0 amide bonds. The topological polar surface area (TPSA) is 39.5 Å². The second-order valence-corrected chi connectivity index (χ2v) is 11.7. The quantitative estimate of drug-likeness (QED) is 0.187. The molecule has 0 radical (unpaired) electrons. The predicted octanol–water partition coefficient (Wildman–Crippen LogP) is 8.89. The molecule has 1 saturated carbocycles. The van der Waals surface area contributed by atoms with Crippen LogP contribution in [0.2, 0.25) is 0 Å². The third-order valence-corrected chi connectivity index (χ3v) is 8.80. The van der Waals surface area contributed by atoms with Crippen LogP contribution in [-0.2, 0) is 13.1 Å². The minimum absolute atomic E-state index is 0.180. The van der Waals surface area contributed by atoms with Crippen LogP contribution in [-0.4, -0.2) is 27.8 Å². The number of aromatic nitrogens is 2. The van der Waals surface area contributed by atoms with E-state index in [1.54, 1.807) is 0 Å². The first kappa shape index (κ1) is 27.6. The zero-order valence-electron chi connectivity index (χ0n) is 24.6. The molecular formula is C36H43N3O2. The molecule has 5 nitrogen and oxygen atoms in total. The van der Waals surface area contributed by atoms with Crippen molar-refractivity contribution in [2.24, 2.45) is 5.92 Å².